The Morgan fingerprint density at radius 1 is 1.37 bits per heavy atom. The molecule has 5 heteroatoms. The molecule has 1 unspecified atom stereocenters. The SMILES string of the molecule is CCC(C)Cc1nc(-c2ccc(C(=O)O)cc2)no1. The summed E-state index contributed by atoms with van der Waals surface area (Å²) in [4.78, 5) is 15.1. The molecule has 2 rings (SSSR count). The second kappa shape index (κ2) is 5.65. The van der Waals surface area contributed by atoms with Crippen molar-refractivity contribution in [2.24, 2.45) is 5.92 Å². The molecule has 0 aliphatic carbocycles. The normalized spacial score (nSPS) is 12.3. The zero-order chi connectivity index (χ0) is 13.8. The molecule has 5 nitrogen and oxygen atoms in total. The van der Waals surface area contributed by atoms with Crippen molar-refractivity contribution in [2.45, 2.75) is 26.7 Å². The maximum Gasteiger partial charge on any atom is 0.335 e. The Kier molecular flexibility index (Phi) is 3.94. The van der Waals surface area contributed by atoms with Crippen LogP contribution in [-0.4, -0.2) is 21.2 Å². The molecule has 0 spiro atoms. The van der Waals surface area contributed by atoms with E-state index in [-0.39, 0.29) is 5.56 Å². The summed E-state index contributed by atoms with van der Waals surface area (Å²) in [6.45, 7) is 4.25. The molecule has 0 saturated heterocycles. The van der Waals surface area contributed by atoms with E-state index >= 15 is 0 Å². The zero-order valence-electron chi connectivity index (χ0n) is 11.0. The molecule has 1 aromatic carbocycles. The van der Waals surface area contributed by atoms with Gasteiger partial charge in [0.05, 0.1) is 5.56 Å². The summed E-state index contributed by atoms with van der Waals surface area (Å²) in [5.41, 5.74) is 0.997. The van der Waals surface area contributed by atoms with Gasteiger partial charge in [-0.2, -0.15) is 4.98 Å². The Hall–Kier alpha value is -2.17. The van der Waals surface area contributed by atoms with Gasteiger partial charge in [-0.1, -0.05) is 37.6 Å². The first-order valence-corrected chi connectivity index (χ1v) is 6.26. The lowest BCUT2D eigenvalue weighted by Crippen LogP contribution is -1.98. The first kappa shape index (κ1) is 13.3. The lowest BCUT2D eigenvalue weighted by Gasteiger charge is -2.01. The van der Waals surface area contributed by atoms with E-state index < -0.39 is 5.97 Å². The molecule has 1 aromatic heterocycles. The van der Waals surface area contributed by atoms with E-state index in [1.54, 1.807) is 12.1 Å². The molecule has 100 valence electrons. The number of benzene rings is 1. The summed E-state index contributed by atoms with van der Waals surface area (Å²) >= 11 is 0. The van der Waals surface area contributed by atoms with Gasteiger partial charge in [0.15, 0.2) is 0 Å². The Morgan fingerprint density at radius 2 is 2.05 bits per heavy atom. The number of hydrogen-bond acceptors (Lipinski definition) is 4. The van der Waals surface area contributed by atoms with Crippen LogP contribution in [0.4, 0.5) is 0 Å². The highest BCUT2D eigenvalue weighted by Gasteiger charge is 2.11. The lowest BCUT2D eigenvalue weighted by atomic mass is 10.1. The molecule has 0 saturated carbocycles. The predicted molar refractivity (Wildman–Crippen MR) is 69.9 cm³/mol. The maximum atomic E-state index is 10.8. The maximum absolute atomic E-state index is 10.8. The summed E-state index contributed by atoms with van der Waals surface area (Å²) in [6.07, 6.45) is 1.82. The van der Waals surface area contributed by atoms with Crippen LogP contribution >= 0.6 is 0 Å². The summed E-state index contributed by atoms with van der Waals surface area (Å²) in [5, 5.41) is 12.7. The second-order valence-corrected chi connectivity index (χ2v) is 4.61. The van der Waals surface area contributed by atoms with Crippen LogP contribution in [0.5, 0.6) is 0 Å². The third-order valence-corrected chi connectivity index (χ3v) is 3.08. The van der Waals surface area contributed by atoms with Crippen molar-refractivity contribution in [2.75, 3.05) is 0 Å². The summed E-state index contributed by atoms with van der Waals surface area (Å²) < 4.78 is 5.19. The Balaban J connectivity index is 2.16. The molecule has 19 heavy (non-hydrogen) atoms. The van der Waals surface area contributed by atoms with E-state index in [1.165, 1.54) is 12.1 Å². The number of nitrogens with zero attached hydrogens (tertiary/aromatic N) is 2. The first-order valence-electron chi connectivity index (χ1n) is 6.26. The molecule has 0 fully saturated rings. The van der Waals surface area contributed by atoms with Crippen LogP contribution in [0.25, 0.3) is 11.4 Å². The molecular formula is C14H16N2O3. The van der Waals surface area contributed by atoms with Crippen molar-refractivity contribution in [3.05, 3.63) is 35.7 Å². The molecule has 2 aromatic rings. The topological polar surface area (TPSA) is 76.2 Å². The molecule has 0 bridgehead atoms. The first-order chi connectivity index (χ1) is 9.10. The van der Waals surface area contributed by atoms with Crippen LogP contribution < -0.4 is 0 Å². The number of carbonyl (C=O) groups is 1. The molecule has 0 radical (unpaired) electrons. The van der Waals surface area contributed by atoms with Gasteiger partial charge in [0.2, 0.25) is 11.7 Å². The number of aromatic carboxylic acids is 1. The molecule has 1 N–H and O–H groups in total. The highest BCUT2D eigenvalue weighted by atomic mass is 16.5. The molecule has 1 atom stereocenters. The van der Waals surface area contributed by atoms with E-state index in [0.29, 0.717) is 17.6 Å². The fourth-order valence-electron chi connectivity index (χ4n) is 1.66. The second-order valence-electron chi connectivity index (χ2n) is 4.61. The number of aromatic nitrogens is 2. The monoisotopic (exact) mass is 260 g/mol. The van der Waals surface area contributed by atoms with Crippen molar-refractivity contribution < 1.29 is 14.4 Å². The van der Waals surface area contributed by atoms with Crippen molar-refractivity contribution >= 4 is 5.97 Å². The van der Waals surface area contributed by atoms with Gasteiger partial charge in [0, 0.05) is 12.0 Å². The number of hydrogen-bond donors (Lipinski definition) is 1. The predicted octanol–water partition coefficient (Wildman–Crippen LogP) is 3.02. The van der Waals surface area contributed by atoms with Crippen molar-refractivity contribution in [1.82, 2.24) is 10.1 Å². The van der Waals surface area contributed by atoms with Crippen LogP contribution in [0.2, 0.25) is 0 Å². The van der Waals surface area contributed by atoms with Gasteiger partial charge in [-0.25, -0.2) is 4.79 Å². The molecular weight excluding hydrogens is 244 g/mol. The summed E-state index contributed by atoms with van der Waals surface area (Å²) in [6, 6.07) is 6.42. The third kappa shape index (κ3) is 3.19. The van der Waals surface area contributed by atoms with Gasteiger partial charge < -0.3 is 9.63 Å². The molecule has 0 amide bonds. The van der Waals surface area contributed by atoms with Gasteiger partial charge in [0.25, 0.3) is 0 Å². The number of carboxylic acids is 1. The van der Waals surface area contributed by atoms with Crippen LogP contribution in [0.15, 0.2) is 28.8 Å². The van der Waals surface area contributed by atoms with Gasteiger partial charge in [-0.15, -0.1) is 0 Å². The lowest BCUT2D eigenvalue weighted by molar-refractivity contribution is 0.0697. The Labute approximate surface area is 111 Å². The smallest absolute Gasteiger partial charge is 0.335 e. The quantitative estimate of drug-likeness (QED) is 0.894. The molecule has 0 aliphatic rings. The Morgan fingerprint density at radius 3 is 2.63 bits per heavy atom. The van der Waals surface area contributed by atoms with Crippen LogP contribution in [0, 0.1) is 5.92 Å². The highest BCUT2D eigenvalue weighted by Crippen LogP contribution is 2.18. The van der Waals surface area contributed by atoms with Crippen molar-refractivity contribution in [3.8, 4) is 11.4 Å². The fraction of sp³-hybridized carbons (Fsp3) is 0.357. The van der Waals surface area contributed by atoms with Crippen molar-refractivity contribution in [1.29, 1.82) is 0 Å². The van der Waals surface area contributed by atoms with Crippen molar-refractivity contribution in [3.63, 3.8) is 0 Å². The number of carboxylic acid groups (broad SMARTS) is 1. The van der Waals surface area contributed by atoms with Crippen LogP contribution in [-0.2, 0) is 6.42 Å². The van der Waals surface area contributed by atoms with E-state index in [4.69, 9.17) is 9.63 Å². The minimum atomic E-state index is -0.947. The van der Waals surface area contributed by atoms with E-state index in [0.717, 1.165) is 18.4 Å². The van der Waals surface area contributed by atoms with Crippen LogP contribution in [0.1, 0.15) is 36.5 Å². The van der Waals surface area contributed by atoms with E-state index in [2.05, 4.69) is 24.0 Å². The average molecular weight is 260 g/mol. The van der Waals surface area contributed by atoms with Gasteiger partial charge in [-0.05, 0) is 18.1 Å². The zero-order valence-corrected chi connectivity index (χ0v) is 11.0. The van der Waals surface area contributed by atoms with Gasteiger partial charge in [0.1, 0.15) is 0 Å². The average Bonchev–Trinajstić information content (AvgIpc) is 2.87. The van der Waals surface area contributed by atoms with Crippen LogP contribution in [0.3, 0.4) is 0 Å². The van der Waals surface area contributed by atoms with Gasteiger partial charge in [-0.3, -0.25) is 0 Å². The minimum absolute atomic E-state index is 0.243. The van der Waals surface area contributed by atoms with Gasteiger partial charge >= 0.3 is 5.97 Å². The highest BCUT2D eigenvalue weighted by molar-refractivity contribution is 5.88. The van der Waals surface area contributed by atoms with E-state index in [1.807, 2.05) is 0 Å². The number of rotatable bonds is 5. The standard InChI is InChI=1S/C14H16N2O3/c1-3-9(2)8-12-15-13(16-19-12)10-4-6-11(7-5-10)14(17)18/h4-7,9H,3,8H2,1-2H3,(H,17,18). The molecule has 1 heterocycles. The summed E-state index contributed by atoms with van der Waals surface area (Å²) in [5.74, 6) is 0.668. The molecule has 0 aliphatic heterocycles. The third-order valence-electron chi connectivity index (χ3n) is 3.08. The fourth-order valence-corrected chi connectivity index (χ4v) is 1.66. The minimum Gasteiger partial charge on any atom is -0.478 e. The largest absolute Gasteiger partial charge is 0.478 e. The summed E-state index contributed by atoms with van der Waals surface area (Å²) in [7, 11) is 0. The Bertz CT molecular complexity index is 560. The van der Waals surface area contributed by atoms with E-state index in [9.17, 15) is 4.79 Å².